The van der Waals surface area contributed by atoms with Crippen molar-refractivity contribution in [2.45, 2.75) is 32.6 Å². The summed E-state index contributed by atoms with van der Waals surface area (Å²) in [6.07, 6.45) is 5.68. The van der Waals surface area contributed by atoms with E-state index in [4.69, 9.17) is 0 Å². The van der Waals surface area contributed by atoms with Crippen LogP contribution in [0.4, 0.5) is 4.79 Å². The second kappa shape index (κ2) is 5.55. The van der Waals surface area contributed by atoms with Crippen molar-refractivity contribution in [1.82, 2.24) is 10.2 Å². The number of nitrogens with zero attached hydrogens (tertiary/aromatic N) is 1. The molecule has 0 aromatic rings. The van der Waals surface area contributed by atoms with Gasteiger partial charge in [-0.1, -0.05) is 6.08 Å². The Balaban J connectivity index is 0.00000162. The summed E-state index contributed by atoms with van der Waals surface area (Å²) in [5, 5.41) is 2.23. The van der Waals surface area contributed by atoms with Crippen molar-refractivity contribution >= 4 is 17.8 Å². The van der Waals surface area contributed by atoms with Crippen molar-refractivity contribution in [2.24, 2.45) is 5.41 Å². The van der Waals surface area contributed by atoms with Gasteiger partial charge in [0.05, 0.1) is 0 Å². The maximum Gasteiger partial charge on any atom is 1.00 e. The van der Waals surface area contributed by atoms with Crippen molar-refractivity contribution in [1.29, 1.82) is 0 Å². The van der Waals surface area contributed by atoms with E-state index in [0.717, 1.165) is 36.2 Å². The van der Waals surface area contributed by atoms with Crippen LogP contribution in [-0.4, -0.2) is 29.8 Å². The molecule has 0 radical (unpaired) electrons. The first-order valence-corrected chi connectivity index (χ1v) is 5.81. The first-order valence-electron chi connectivity index (χ1n) is 5.81. The van der Waals surface area contributed by atoms with Crippen molar-refractivity contribution in [3.8, 4) is 0 Å². The number of allylic oxidation sites excluding steroid dienone is 1. The molecule has 1 fully saturated rings. The van der Waals surface area contributed by atoms with Gasteiger partial charge in [-0.3, -0.25) is 19.8 Å². The van der Waals surface area contributed by atoms with E-state index in [1.165, 1.54) is 7.05 Å². The van der Waals surface area contributed by atoms with Crippen LogP contribution >= 0.6 is 0 Å². The second-order valence-corrected chi connectivity index (χ2v) is 4.72. The Bertz CT molecular complexity index is 433. The van der Waals surface area contributed by atoms with Crippen LogP contribution in [0, 0.1) is 5.41 Å². The number of rotatable bonds is 1. The zero-order valence-corrected chi connectivity index (χ0v) is 13.1. The molecule has 1 saturated heterocycles. The molecular formula is C12H16N2NaO3+. The minimum absolute atomic E-state index is 0. The predicted molar refractivity (Wildman–Crippen MR) is 61.0 cm³/mol. The van der Waals surface area contributed by atoms with Crippen LogP contribution in [-0.2, 0) is 9.59 Å². The molecule has 2 aliphatic rings. The number of carbonyl (C=O) groups excluding carboxylic acids is 3. The summed E-state index contributed by atoms with van der Waals surface area (Å²) < 4.78 is 0. The van der Waals surface area contributed by atoms with Crippen LogP contribution in [0.15, 0.2) is 11.6 Å². The monoisotopic (exact) mass is 259 g/mol. The van der Waals surface area contributed by atoms with E-state index in [1.807, 2.05) is 6.08 Å². The Morgan fingerprint density at radius 2 is 1.94 bits per heavy atom. The molecule has 18 heavy (non-hydrogen) atoms. The number of hydrogen-bond donors (Lipinski definition) is 1. The van der Waals surface area contributed by atoms with Crippen LogP contribution in [0.3, 0.4) is 0 Å². The van der Waals surface area contributed by atoms with Crippen LogP contribution in [0.1, 0.15) is 32.6 Å². The van der Waals surface area contributed by atoms with Crippen LogP contribution in [0.2, 0.25) is 0 Å². The fraction of sp³-hybridized carbons (Fsp3) is 0.583. The fourth-order valence-corrected chi connectivity index (χ4v) is 2.41. The van der Waals surface area contributed by atoms with Crippen molar-refractivity contribution in [2.75, 3.05) is 7.05 Å². The zero-order chi connectivity index (χ0) is 12.6. The van der Waals surface area contributed by atoms with Gasteiger partial charge in [0.2, 0.25) is 11.8 Å². The summed E-state index contributed by atoms with van der Waals surface area (Å²) in [6, 6.07) is -0.645. The Morgan fingerprint density at radius 3 is 2.50 bits per heavy atom. The number of amides is 4. The first kappa shape index (κ1) is 15.4. The summed E-state index contributed by atoms with van der Waals surface area (Å²) in [7, 11) is 1.39. The van der Waals surface area contributed by atoms with E-state index in [-0.39, 0.29) is 29.6 Å². The number of barbiturate groups is 1. The number of carbonyl (C=O) groups is 3. The first-order chi connectivity index (χ1) is 7.98. The van der Waals surface area contributed by atoms with Crippen LogP contribution < -0.4 is 34.9 Å². The third-order valence-electron chi connectivity index (χ3n) is 3.64. The Kier molecular flexibility index (Phi) is 4.75. The quantitative estimate of drug-likeness (QED) is 0.343. The van der Waals surface area contributed by atoms with Gasteiger partial charge in [0, 0.05) is 7.05 Å². The van der Waals surface area contributed by atoms with Gasteiger partial charge >= 0.3 is 35.6 Å². The molecule has 0 spiro atoms. The van der Waals surface area contributed by atoms with Gasteiger partial charge in [-0.15, -0.1) is 0 Å². The van der Waals surface area contributed by atoms with Gasteiger partial charge in [0.15, 0.2) is 0 Å². The minimum atomic E-state index is -1.21. The van der Waals surface area contributed by atoms with E-state index in [0.29, 0.717) is 0 Å². The van der Waals surface area contributed by atoms with Crippen LogP contribution in [0.5, 0.6) is 0 Å². The third kappa shape index (κ3) is 2.27. The van der Waals surface area contributed by atoms with Crippen LogP contribution in [0.25, 0.3) is 0 Å². The average molecular weight is 259 g/mol. The largest absolute Gasteiger partial charge is 1.00 e. The summed E-state index contributed by atoms with van der Waals surface area (Å²) in [5.41, 5.74) is -0.367. The SMILES string of the molecule is CN1C(=O)NC(=O)C(C)(C2=CCCCC2)C1=O.[Na+]. The molecule has 1 heterocycles. The van der Waals surface area contributed by atoms with Gasteiger partial charge < -0.3 is 0 Å². The van der Waals surface area contributed by atoms with Crippen molar-refractivity contribution in [3.63, 3.8) is 0 Å². The van der Waals surface area contributed by atoms with Crippen molar-refractivity contribution in [3.05, 3.63) is 11.6 Å². The molecule has 5 nitrogen and oxygen atoms in total. The second-order valence-electron chi connectivity index (χ2n) is 4.72. The molecule has 1 unspecified atom stereocenters. The molecule has 1 aliphatic carbocycles. The Morgan fingerprint density at radius 1 is 1.28 bits per heavy atom. The fourth-order valence-electron chi connectivity index (χ4n) is 2.41. The van der Waals surface area contributed by atoms with Gasteiger partial charge in [-0.25, -0.2) is 4.79 Å². The molecule has 1 atom stereocenters. The Hall–Kier alpha value is -0.650. The summed E-state index contributed by atoms with van der Waals surface area (Å²) in [6.45, 7) is 1.60. The minimum Gasteiger partial charge on any atom is -0.276 e. The van der Waals surface area contributed by atoms with Gasteiger partial charge in [-0.2, -0.15) is 0 Å². The van der Waals surface area contributed by atoms with Gasteiger partial charge in [-0.05, 0) is 38.2 Å². The number of urea groups is 1. The molecule has 92 valence electrons. The molecule has 0 aromatic heterocycles. The summed E-state index contributed by atoms with van der Waals surface area (Å²) >= 11 is 0. The predicted octanol–water partition coefficient (Wildman–Crippen LogP) is -1.79. The number of hydrogen-bond acceptors (Lipinski definition) is 3. The molecular weight excluding hydrogens is 243 g/mol. The Labute approximate surface area is 128 Å². The van der Waals surface area contributed by atoms with Gasteiger partial charge in [0.1, 0.15) is 5.41 Å². The topological polar surface area (TPSA) is 66.5 Å². The molecule has 2 rings (SSSR count). The zero-order valence-electron chi connectivity index (χ0n) is 11.1. The summed E-state index contributed by atoms with van der Waals surface area (Å²) in [5.74, 6) is -0.932. The van der Waals surface area contributed by atoms with E-state index in [1.54, 1.807) is 6.92 Å². The number of imide groups is 2. The number of nitrogens with one attached hydrogen (secondary N) is 1. The smallest absolute Gasteiger partial charge is 0.276 e. The van der Waals surface area contributed by atoms with Crippen molar-refractivity contribution < 1.29 is 43.9 Å². The molecule has 0 bridgehead atoms. The van der Waals surface area contributed by atoms with E-state index < -0.39 is 23.3 Å². The average Bonchev–Trinajstić information content (AvgIpc) is 2.35. The third-order valence-corrected chi connectivity index (χ3v) is 3.64. The maximum absolute atomic E-state index is 12.2. The van der Waals surface area contributed by atoms with E-state index >= 15 is 0 Å². The van der Waals surface area contributed by atoms with E-state index in [9.17, 15) is 14.4 Å². The molecule has 1 aliphatic heterocycles. The molecule has 6 heteroatoms. The maximum atomic E-state index is 12.2. The molecule has 0 aromatic carbocycles. The normalized spacial score (nSPS) is 28.4. The van der Waals surface area contributed by atoms with E-state index in [2.05, 4.69) is 5.32 Å². The standard InChI is InChI=1S/C12H16N2O3.Na/c1-12(8-6-4-3-5-7-8)9(15)13-11(17)14(2)10(12)16;/h6H,3-5,7H2,1-2H3,(H,13,15,17);/q;+1. The van der Waals surface area contributed by atoms with Gasteiger partial charge in [0.25, 0.3) is 0 Å². The summed E-state index contributed by atoms with van der Waals surface area (Å²) in [4.78, 5) is 36.5. The molecule has 1 N–H and O–H groups in total. The molecule has 0 saturated carbocycles. The molecule has 4 amide bonds.